The Bertz CT molecular complexity index is 1110. The van der Waals surface area contributed by atoms with Crippen molar-refractivity contribution in [3.8, 4) is 11.3 Å². The van der Waals surface area contributed by atoms with Crippen LogP contribution in [0.5, 0.6) is 0 Å². The second kappa shape index (κ2) is 6.26. The van der Waals surface area contributed by atoms with E-state index in [0.717, 1.165) is 47.5 Å². The molecule has 0 saturated carbocycles. The van der Waals surface area contributed by atoms with Gasteiger partial charge in [0.05, 0.1) is 12.2 Å². The van der Waals surface area contributed by atoms with Crippen molar-refractivity contribution in [3.05, 3.63) is 76.2 Å². The molecule has 4 heteroatoms. The minimum atomic E-state index is -0.00731. The highest BCUT2D eigenvalue weighted by atomic mass is 16.1. The highest BCUT2D eigenvalue weighted by molar-refractivity contribution is 6.02. The van der Waals surface area contributed by atoms with Crippen LogP contribution in [0.4, 0.5) is 0 Å². The second-order valence-electron chi connectivity index (χ2n) is 8.69. The molecule has 0 radical (unpaired) electrons. The number of ketones is 1. The number of hydrogen-bond acceptors (Lipinski definition) is 3. The Kier molecular flexibility index (Phi) is 3.83. The summed E-state index contributed by atoms with van der Waals surface area (Å²) in [5.41, 5.74) is 8.90. The summed E-state index contributed by atoms with van der Waals surface area (Å²) in [4.78, 5) is 25.2. The molecule has 1 aliphatic heterocycles. The highest BCUT2D eigenvalue weighted by Gasteiger charge is 2.35. The van der Waals surface area contributed by atoms with E-state index >= 15 is 0 Å². The zero-order chi connectivity index (χ0) is 19.3. The van der Waals surface area contributed by atoms with Crippen LogP contribution >= 0.6 is 0 Å². The number of H-pyrrole nitrogens is 1. The zero-order valence-electron chi connectivity index (χ0n) is 16.2. The minimum absolute atomic E-state index is 0.00731. The molecular formula is C24H23N3O. The van der Waals surface area contributed by atoms with Crippen LogP contribution in [0.15, 0.2) is 47.7 Å². The van der Waals surface area contributed by atoms with Crippen molar-refractivity contribution in [1.82, 2.24) is 9.97 Å². The Morgan fingerprint density at radius 2 is 1.93 bits per heavy atom. The van der Waals surface area contributed by atoms with Crippen LogP contribution in [0.1, 0.15) is 58.6 Å². The SMILES string of the molecule is CC1(C)CC(=O)c2c([nH]c(-c3ccncc3)c2Cc2ccc3c(c2)CN=C3)C1. The summed E-state index contributed by atoms with van der Waals surface area (Å²) in [5.74, 6) is 0.252. The summed E-state index contributed by atoms with van der Waals surface area (Å²) in [5, 5.41) is 0. The van der Waals surface area contributed by atoms with E-state index < -0.39 is 0 Å². The first kappa shape index (κ1) is 17.1. The number of hydrogen-bond donors (Lipinski definition) is 1. The van der Waals surface area contributed by atoms with Crippen molar-refractivity contribution in [2.75, 3.05) is 0 Å². The monoisotopic (exact) mass is 369 g/mol. The van der Waals surface area contributed by atoms with Crippen molar-refractivity contribution in [1.29, 1.82) is 0 Å². The molecule has 28 heavy (non-hydrogen) atoms. The molecule has 2 aliphatic rings. The van der Waals surface area contributed by atoms with Crippen LogP contribution < -0.4 is 0 Å². The van der Waals surface area contributed by atoms with Gasteiger partial charge in [0.15, 0.2) is 5.78 Å². The second-order valence-corrected chi connectivity index (χ2v) is 8.69. The largest absolute Gasteiger partial charge is 0.358 e. The molecule has 0 saturated heterocycles. The number of nitrogens with zero attached hydrogens (tertiary/aromatic N) is 2. The molecule has 1 aromatic carbocycles. The number of aromatic nitrogens is 2. The maximum atomic E-state index is 13.1. The van der Waals surface area contributed by atoms with Crippen molar-refractivity contribution < 1.29 is 4.79 Å². The van der Waals surface area contributed by atoms with E-state index in [4.69, 9.17) is 0 Å². The fraction of sp³-hybridized carbons (Fsp3) is 0.292. The Labute approximate surface area is 164 Å². The molecule has 5 rings (SSSR count). The molecule has 3 heterocycles. The molecule has 0 atom stereocenters. The van der Waals surface area contributed by atoms with Crippen LogP contribution in [-0.4, -0.2) is 22.0 Å². The molecule has 140 valence electrons. The first-order valence-corrected chi connectivity index (χ1v) is 9.79. The average Bonchev–Trinajstić information content (AvgIpc) is 3.26. The van der Waals surface area contributed by atoms with E-state index in [-0.39, 0.29) is 11.2 Å². The number of carbonyl (C=O) groups excluding carboxylic acids is 1. The normalized spacial score (nSPS) is 16.9. The van der Waals surface area contributed by atoms with Gasteiger partial charge in [-0.05, 0) is 46.2 Å². The lowest BCUT2D eigenvalue weighted by Crippen LogP contribution is -2.27. The number of pyridine rings is 1. The third kappa shape index (κ3) is 2.89. The molecule has 1 aliphatic carbocycles. The van der Waals surface area contributed by atoms with Crippen LogP contribution in [-0.2, 0) is 19.4 Å². The fourth-order valence-corrected chi connectivity index (χ4v) is 4.55. The molecule has 0 spiro atoms. The van der Waals surface area contributed by atoms with Crippen molar-refractivity contribution in [2.24, 2.45) is 10.4 Å². The van der Waals surface area contributed by atoms with Gasteiger partial charge < -0.3 is 4.98 Å². The molecule has 0 unspecified atom stereocenters. The van der Waals surface area contributed by atoms with Gasteiger partial charge in [-0.1, -0.05) is 32.0 Å². The van der Waals surface area contributed by atoms with Gasteiger partial charge in [0, 0.05) is 48.3 Å². The molecule has 0 amide bonds. The lowest BCUT2D eigenvalue weighted by molar-refractivity contribution is 0.0911. The summed E-state index contributed by atoms with van der Waals surface area (Å²) >= 11 is 0. The van der Waals surface area contributed by atoms with E-state index in [0.29, 0.717) is 6.42 Å². The van der Waals surface area contributed by atoms with E-state index in [2.05, 4.69) is 47.0 Å². The summed E-state index contributed by atoms with van der Waals surface area (Å²) in [6.07, 6.45) is 7.77. The predicted molar refractivity (Wildman–Crippen MR) is 111 cm³/mol. The minimum Gasteiger partial charge on any atom is -0.358 e. The third-order valence-corrected chi connectivity index (χ3v) is 5.80. The zero-order valence-corrected chi connectivity index (χ0v) is 16.2. The van der Waals surface area contributed by atoms with Gasteiger partial charge in [0.1, 0.15) is 0 Å². The van der Waals surface area contributed by atoms with Crippen LogP contribution in [0.2, 0.25) is 0 Å². The summed E-state index contributed by atoms with van der Waals surface area (Å²) in [6, 6.07) is 10.5. The van der Waals surface area contributed by atoms with Crippen molar-refractivity contribution >= 4 is 12.0 Å². The third-order valence-electron chi connectivity index (χ3n) is 5.80. The summed E-state index contributed by atoms with van der Waals surface area (Å²) in [7, 11) is 0. The van der Waals surface area contributed by atoms with E-state index in [9.17, 15) is 4.79 Å². The van der Waals surface area contributed by atoms with Gasteiger partial charge in [-0.2, -0.15) is 0 Å². The number of rotatable bonds is 3. The first-order valence-electron chi connectivity index (χ1n) is 9.79. The highest BCUT2D eigenvalue weighted by Crippen LogP contribution is 2.40. The van der Waals surface area contributed by atoms with E-state index in [1.807, 2.05) is 18.3 Å². The summed E-state index contributed by atoms with van der Waals surface area (Å²) in [6.45, 7) is 5.08. The van der Waals surface area contributed by atoms with Crippen LogP contribution in [0.25, 0.3) is 11.3 Å². The Morgan fingerprint density at radius 3 is 2.75 bits per heavy atom. The Morgan fingerprint density at radius 1 is 1.11 bits per heavy atom. The number of Topliss-reactive ketones (excluding diaryl/α,β-unsaturated/α-hetero) is 1. The lowest BCUT2D eigenvalue weighted by Gasteiger charge is -2.28. The van der Waals surface area contributed by atoms with Gasteiger partial charge in [-0.3, -0.25) is 14.8 Å². The standard InChI is InChI=1S/C24H23N3O/c1-24(2)11-20-22(21(28)12-24)19(23(27-20)16-5-7-25-8-6-16)10-15-3-4-17-13-26-14-18(17)9-15/h3-9,13,27H,10-12,14H2,1-2H3. The molecule has 1 N–H and O–H groups in total. The van der Waals surface area contributed by atoms with Crippen LogP contribution in [0.3, 0.4) is 0 Å². The van der Waals surface area contributed by atoms with Gasteiger partial charge >= 0.3 is 0 Å². The van der Waals surface area contributed by atoms with Gasteiger partial charge in [-0.25, -0.2) is 0 Å². The average molecular weight is 369 g/mol. The van der Waals surface area contributed by atoms with Gasteiger partial charge in [0.25, 0.3) is 0 Å². The molecule has 0 fully saturated rings. The molecule has 0 bridgehead atoms. The van der Waals surface area contributed by atoms with Crippen molar-refractivity contribution in [3.63, 3.8) is 0 Å². The number of fused-ring (bicyclic) bond motifs is 2. The number of aliphatic imine (C=N–C) groups is 1. The number of benzene rings is 1. The smallest absolute Gasteiger partial charge is 0.165 e. The topological polar surface area (TPSA) is 58.1 Å². The Balaban J connectivity index is 1.63. The Hall–Kier alpha value is -3.01. The summed E-state index contributed by atoms with van der Waals surface area (Å²) < 4.78 is 0. The maximum Gasteiger partial charge on any atom is 0.165 e. The maximum absolute atomic E-state index is 13.1. The van der Waals surface area contributed by atoms with Crippen LogP contribution in [0, 0.1) is 5.41 Å². The van der Waals surface area contributed by atoms with E-state index in [1.54, 1.807) is 12.4 Å². The quantitative estimate of drug-likeness (QED) is 0.724. The number of carbonyl (C=O) groups is 1. The van der Waals surface area contributed by atoms with Gasteiger partial charge in [-0.15, -0.1) is 0 Å². The number of aromatic amines is 1. The molecule has 3 aromatic rings. The first-order chi connectivity index (χ1) is 13.5. The van der Waals surface area contributed by atoms with Crippen molar-refractivity contribution in [2.45, 2.75) is 39.7 Å². The predicted octanol–water partition coefficient (Wildman–Crippen LogP) is 4.76. The molecular weight excluding hydrogens is 346 g/mol. The van der Waals surface area contributed by atoms with Gasteiger partial charge in [0.2, 0.25) is 0 Å². The molecule has 2 aromatic heterocycles. The van der Waals surface area contributed by atoms with E-state index in [1.165, 1.54) is 16.7 Å². The molecule has 4 nitrogen and oxygen atoms in total. The number of nitrogens with one attached hydrogen (secondary N) is 1. The fourth-order valence-electron chi connectivity index (χ4n) is 4.55. The lowest BCUT2D eigenvalue weighted by atomic mass is 9.75.